The lowest BCUT2D eigenvalue weighted by Gasteiger charge is -2.31. The van der Waals surface area contributed by atoms with Gasteiger partial charge in [0.25, 0.3) is 0 Å². The highest BCUT2D eigenvalue weighted by Crippen LogP contribution is 2.34. The molecule has 166 valence electrons. The number of nitrogens with one attached hydrogen (secondary N) is 1. The van der Waals surface area contributed by atoms with Crippen molar-refractivity contribution in [3.8, 4) is 11.5 Å². The molecule has 1 fully saturated rings. The summed E-state index contributed by atoms with van der Waals surface area (Å²) in [6, 6.07) is 13.0. The molecule has 0 radical (unpaired) electrons. The van der Waals surface area contributed by atoms with E-state index in [1.54, 1.807) is 26.4 Å². The van der Waals surface area contributed by atoms with Crippen LogP contribution in [0.4, 0.5) is 0 Å². The second-order valence-corrected chi connectivity index (χ2v) is 7.98. The summed E-state index contributed by atoms with van der Waals surface area (Å²) in [4.78, 5) is 24.6. The molecule has 1 saturated carbocycles. The standard InChI is InChI=1S/C25H31NO5/c1-29-21-13-18(14-22(15-21)30-2)12-20-6-4-5-7-23(20)24(27)26-16-17-8-10-19(11-9-17)25(28)31-3/h8-11,13-15,20,23H,4-7,12,16H2,1-3H3,(H,26,27)/t20-,23+/m0/s1. The minimum atomic E-state index is -0.366. The number of ether oxygens (including phenoxy) is 3. The van der Waals surface area contributed by atoms with E-state index in [0.29, 0.717) is 12.1 Å². The highest BCUT2D eigenvalue weighted by atomic mass is 16.5. The first-order chi connectivity index (χ1) is 15.0. The predicted molar refractivity (Wildman–Crippen MR) is 118 cm³/mol. The Balaban J connectivity index is 1.63. The van der Waals surface area contributed by atoms with E-state index in [1.165, 1.54) is 7.11 Å². The minimum absolute atomic E-state index is 0.0136. The van der Waals surface area contributed by atoms with Crippen LogP contribution in [-0.4, -0.2) is 33.2 Å². The Bertz CT molecular complexity index is 871. The van der Waals surface area contributed by atoms with Crippen molar-refractivity contribution in [1.29, 1.82) is 0 Å². The molecule has 6 nitrogen and oxygen atoms in total. The molecular formula is C25H31NO5. The van der Waals surface area contributed by atoms with Gasteiger partial charge in [0.05, 0.1) is 26.9 Å². The number of esters is 1. The molecule has 1 aliphatic rings. The van der Waals surface area contributed by atoms with Crippen LogP contribution in [0.15, 0.2) is 42.5 Å². The van der Waals surface area contributed by atoms with Gasteiger partial charge in [-0.05, 0) is 60.6 Å². The van der Waals surface area contributed by atoms with Crippen molar-refractivity contribution in [2.24, 2.45) is 11.8 Å². The Labute approximate surface area is 183 Å². The molecule has 0 aliphatic heterocycles. The first-order valence-electron chi connectivity index (χ1n) is 10.7. The molecule has 1 N–H and O–H groups in total. The number of hydrogen-bond acceptors (Lipinski definition) is 5. The van der Waals surface area contributed by atoms with Gasteiger partial charge in [0, 0.05) is 18.5 Å². The largest absolute Gasteiger partial charge is 0.497 e. The Hall–Kier alpha value is -3.02. The van der Waals surface area contributed by atoms with E-state index in [2.05, 4.69) is 5.32 Å². The van der Waals surface area contributed by atoms with Gasteiger partial charge < -0.3 is 19.5 Å². The van der Waals surface area contributed by atoms with E-state index < -0.39 is 0 Å². The molecule has 3 rings (SSSR count). The zero-order valence-corrected chi connectivity index (χ0v) is 18.5. The van der Waals surface area contributed by atoms with Gasteiger partial charge in [-0.2, -0.15) is 0 Å². The quantitative estimate of drug-likeness (QED) is 0.643. The predicted octanol–water partition coefficient (Wildman–Crippen LogP) is 4.16. The van der Waals surface area contributed by atoms with Crippen LogP contribution < -0.4 is 14.8 Å². The van der Waals surface area contributed by atoms with Gasteiger partial charge in [0.2, 0.25) is 5.91 Å². The maximum absolute atomic E-state index is 13.0. The van der Waals surface area contributed by atoms with Crippen LogP contribution in [0.1, 0.15) is 47.2 Å². The molecule has 0 saturated heterocycles. The lowest BCUT2D eigenvalue weighted by Crippen LogP contribution is -2.37. The topological polar surface area (TPSA) is 73.9 Å². The Morgan fingerprint density at radius 1 is 0.903 bits per heavy atom. The van der Waals surface area contributed by atoms with Gasteiger partial charge >= 0.3 is 5.97 Å². The van der Waals surface area contributed by atoms with Gasteiger partial charge in [-0.1, -0.05) is 25.0 Å². The fourth-order valence-corrected chi connectivity index (χ4v) is 4.28. The van der Waals surface area contributed by atoms with Gasteiger partial charge in [0.1, 0.15) is 11.5 Å². The first-order valence-corrected chi connectivity index (χ1v) is 10.7. The van der Waals surface area contributed by atoms with Crippen LogP contribution in [0, 0.1) is 11.8 Å². The molecule has 0 aromatic heterocycles. The number of rotatable bonds is 8. The molecule has 2 atom stereocenters. The highest BCUT2D eigenvalue weighted by molar-refractivity contribution is 5.89. The van der Waals surface area contributed by atoms with E-state index in [4.69, 9.17) is 14.2 Å². The van der Waals surface area contributed by atoms with Crippen LogP contribution in [0.3, 0.4) is 0 Å². The lowest BCUT2D eigenvalue weighted by molar-refractivity contribution is -0.127. The van der Waals surface area contributed by atoms with Crippen molar-refractivity contribution in [2.75, 3.05) is 21.3 Å². The number of carbonyl (C=O) groups excluding carboxylic acids is 2. The monoisotopic (exact) mass is 425 g/mol. The van der Waals surface area contributed by atoms with Crippen LogP contribution in [0.2, 0.25) is 0 Å². The van der Waals surface area contributed by atoms with Crippen LogP contribution in [0.25, 0.3) is 0 Å². The third-order valence-electron chi connectivity index (χ3n) is 6.00. The summed E-state index contributed by atoms with van der Waals surface area (Å²) in [5.74, 6) is 1.53. The number of benzene rings is 2. The van der Waals surface area contributed by atoms with Crippen molar-refractivity contribution < 1.29 is 23.8 Å². The van der Waals surface area contributed by atoms with Crippen LogP contribution >= 0.6 is 0 Å². The molecule has 0 spiro atoms. The van der Waals surface area contributed by atoms with Crippen LogP contribution in [0.5, 0.6) is 11.5 Å². The molecule has 0 unspecified atom stereocenters. The van der Waals surface area contributed by atoms with Crippen LogP contribution in [-0.2, 0) is 22.5 Å². The van der Waals surface area contributed by atoms with Crippen molar-refractivity contribution in [1.82, 2.24) is 5.32 Å². The van der Waals surface area contributed by atoms with Crippen molar-refractivity contribution in [2.45, 2.75) is 38.6 Å². The zero-order valence-electron chi connectivity index (χ0n) is 18.5. The molecule has 0 bridgehead atoms. The van der Waals surface area contributed by atoms with E-state index in [1.807, 2.05) is 30.3 Å². The summed E-state index contributed by atoms with van der Waals surface area (Å²) in [6.07, 6.45) is 4.97. The maximum Gasteiger partial charge on any atom is 0.337 e. The summed E-state index contributed by atoms with van der Waals surface area (Å²) in [5, 5.41) is 3.09. The number of amides is 1. The second-order valence-electron chi connectivity index (χ2n) is 7.98. The average molecular weight is 426 g/mol. The Morgan fingerprint density at radius 2 is 1.55 bits per heavy atom. The van der Waals surface area contributed by atoms with Gasteiger partial charge in [-0.15, -0.1) is 0 Å². The molecular weight excluding hydrogens is 394 g/mol. The Kier molecular flexibility index (Phi) is 7.93. The second kappa shape index (κ2) is 10.8. The zero-order chi connectivity index (χ0) is 22.2. The smallest absolute Gasteiger partial charge is 0.337 e. The average Bonchev–Trinajstić information content (AvgIpc) is 2.82. The summed E-state index contributed by atoms with van der Waals surface area (Å²) < 4.78 is 15.5. The molecule has 1 amide bonds. The third kappa shape index (κ3) is 6.00. The van der Waals surface area contributed by atoms with E-state index >= 15 is 0 Å². The first kappa shape index (κ1) is 22.7. The number of methoxy groups -OCH3 is 3. The minimum Gasteiger partial charge on any atom is -0.497 e. The lowest BCUT2D eigenvalue weighted by atomic mass is 9.75. The molecule has 6 heteroatoms. The van der Waals surface area contributed by atoms with E-state index in [-0.39, 0.29) is 23.7 Å². The van der Waals surface area contributed by atoms with Crippen molar-refractivity contribution in [3.05, 3.63) is 59.2 Å². The summed E-state index contributed by atoms with van der Waals surface area (Å²) >= 11 is 0. The fraction of sp³-hybridized carbons (Fsp3) is 0.440. The third-order valence-corrected chi connectivity index (χ3v) is 6.00. The molecule has 2 aromatic carbocycles. The number of carbonyl (C=O) groups is 2. The fourth-order valence-electron chi connectivity index (χ4n) is 4.28. The summed E-state index contributed by atoms with van der Waals surface area (Å²) in [5.41, 5.74) is 2.57. The Morgan fingerprint density at radius 3 is 2.16 bits per heavy atom. The molecule has 1 aliphatic carbocycles. The molecule has 31 heavy (non-hydrogen) atoms. The maximum atomic E-state index is 13.0. The summed E-state index contributed by atoms with van der Waals surface area (Å²) in [6.45, 7) is 0.441. The molecule has 2 aromatic rings. The van der Waals surface area contributed by atoms with Crippen molar-refractivity contribution in [3.63, 3.8) is 0 Å². The van der Waals surface area contributed by atoms with E-state index in [9.17, 15) is 9.59 Å². The molecule has 0 heterocycles. The van der Waals surface area contributed by atoms with E-state index in [0.717, 1.165) is 54.7 Å². The summed E-state index contributed by atoms with van der Waals surface area (Å²) in [7, 11) is 4.65. The van der Waals surface area contributed by atoms with Crippen molar-refractivity contribution >= 4 is 11.9 Å². The highest BCUT2D eigenvalue weighted by Gasteiger charge is 2.31. The van der Waals surface area contributed by atoms with Gasteiger partial charge in [0.15, 0.2) is 0 Å². The van der Waals surface area contributed by atoms with Gasteiger partial charge in [-0.3, -0.25) is 4.79 Å². The normalized spacial score (nSPS) is 18.2. The van der Waals surface area contributed by atoms with Gasteiger partial charge in [-0.25, -0.2) is 4.79 Å². The SMILES string of the molecule is COC(=O)c1ccc(CNC(=O)[C@@H]2CCCC[C@H]2Cc2cc(OC)cc(OC)c2)cc1. The number of hydrogen-bond donors (Lipinski definition) is 1.